The molecule has 2 heterocycles. The minimum Gasteiger partial charge on any atom is -0.508 e. The lowest BCUT2D eigenvalue weighted by Crippen LogP contribution is -2.08. The fourth-order valence-electron chi connectivity index (χ4n) is 4.19. The molecule has 0 amide bonds. The van der Waals surface area contributed by atoms with Gasteiger partial charge in [0.2, 0.25) is 0 Å². The van der Waals surface area contributed by atoms with Crippen molar-refractivity contribution in [3.8, 4) is 33.8 Å². The molecule has 0 aliphatic heterocycles. The molecule has 32 heavy (non-hydrogen) atoms. The smallest absolute Gasteiger partial charge is 0.344 e. The highest BCUT2D eigenvalue weighted by Crippen LogP contribution is 2.33. The number of hydrogen-bond acceptors (Lipinski definition) is 6. The first-order valence-corrected chi connectivity index (χ1v) is 9.97. The van der Waals surface area contributed by atoms with Crippen molar-refractivity contribution < 1.29 is 19.0 Å². The van der Waals surface area contributed by atoms with Crippen LogP contribution in [-0.2, 0) is 0 Å². The molecule has 0 saturated carbocycles. The van der Waals surface area contributed by atoms with Gasteiger partial charge in [0.25, 0.3) is 0 Å². The lowest BCUT2D eigenvalue weighted by molar-refractivity contribution is 0.472. The predicted octanol–water partition coefficient (Wildman–Crippen LogP) is 5.26. The van der Waals surface area contributed by atoms with Crippen molar-refractivity contribution in [2.24, 2.45) is 0 Å². The normalized spacial score (nSPS) is 11.3. The first-order valence-electron chi connectivity index (χ1n) is 9.97. The van der Waals surface area contributed by atoms with E-state index in [2.05, 4.69) is 0 Å². The van der Waals surface area contributed by atoms with Gasteiger partial charge in [0.1, 0.15) is 22.7 Å². The van der Waals surface area contributed by atoms with Crippen LogP contribution < -0.4 is 11.3 Å². The molecule has 0 aliphatic rings. The van der Waals surface area contributed by atoms with Crippen LogP contribution in [0.25, 0.3) is 44.2 Å². The molecule has 6 nitrogen and oxygen atoms in total. The number of hydrogen-bond donors (Lipinski definition) is 2. The van der Waals surface area contributed by atoms with Gasteiger partial charge < -0.3 is 19.0 Å². The van der Waals surface area contributed by atoms with Crippen LogP contribution in [0.3, 0.4) is 0 Å². The lowest BCUT2D eigenvalue weighted by atomic mass is 9.94. The number of aromatic hydroxyl groups is 2. The summed E-state index contributed by atoms with van der Waals surface area (Å²) in [6.45, 7) is 3.64. The summed E-state index contributed by atoms with van der Waals surface area (Å²) in [6, 6.07) is 16.4. The highest BCUT2D eigenvalue weighted by atomic mass is 16.4. The van der Waals surface area contributed by atoms with Crippen LogP contribution in [0.1, 0.15) is 11.1 Å². The van der Waals surface area contributed by atoms with Gasteiger partial charge in [-0.2, -0.15) is 0 Å². The molecule has 0 radical (unpaired) electrons. The third-order valence-electron chi connectivity index (χ3n) is 5.74. The fraction of sp³-hybridized carbons (Fsp3) is 0.0769. The number of rotatable bonds is 2. The third kappa shape index (κ3) is 3.04. The zero-order chi connectivity index (χ0) is 22.6. The van der Waals surface area contributed by atoms with Gasteiger partial charge >= 0.3 is 11.3 Å². The van der Waals surface area contributed by atoms with Gasteiger partial charge in [-0.3, -0.25) is 0 Å². The van der Waals surface area contributed by atoms with E-state index < -0.39 is 11.3 Å². The fourth-order valence-corrected chi connectivity index (χ4v) is 4.19. The van der Waals surface area contributed by atoms with Crippen LogP contribution in [0.15, 0.2) is 79.1 Å². The lowest BCUT2D eigenvalue weighted by Gasteiger charge is -2.11. The maximum Gasteiger partial charge on any atom is 0.344 e. The number of phenolic OH excluding ortho intramolecular Hbond substituents is 2. The standard InChI is InChI=1S/C26H18O6/c1-13-19-8-6-17(27)11-21(19)31-25(29)23(13)15-4-3-5-16(10-15)24-14(2)20-9-7-18(28)12-22(20)32-26(24)30/h3-12,27-28H,1-2H3. The minimum absolute atomic E-state index is 0.0154. The van der Waals surface area contributed by atoms with Crippen molar-refractivity contribution in [3.63, 3.8) is 0 Å². The third-order valence-corrected chi connectivity index (χ3v) is 5.74. The summed E-state index contributed by atoms with van der Waals surface area (Å²) in [5.74, 6) is 0.0308. The molecule has 5 rings (SSSR count). The maximum atomic E-state index is 12.8. The van der Waals surface area contributed by atoms with Gasteiger partial charge in [-0.25, -0.2) is 9.59 Å². The quantitative estimate of drug-likeness (QED) is 0.373. The van der Waals surface area contributed by atoms with Gasteiger partial charge in [0, 0.05) is 22.9 Å². The van der Waals surface area contributed by atoms with Crippen LogP contribution in [-0.4, -0.2) is 10.2 Å². The van der Waals surface area contributed by atoms with E-state index >= 15 is 0 Å². The predicted molar refractivity (Wildman–Crippen MR) is 122 cm³/mol. The number of phenols is 2. The monoisotopic (exact) mass is 426 g/mol. The molecule has 0 unspecified atom stereocenters. The highest BCUT2D eigenvalue weighted by Gasteiger charge is 2.17. The molecule has 6 heteroatoms. The van der Waals surface area contributed by atoms with Crippen LogP contribution in [0.4, 0.5) is 0 Å². The summed E-state index contributed by atoms with van der Waals surface area (Å²) in [5.41, 5.74) is 2.96. The van der Waals surface area contributed by atoms with E-state index in [1.807, 2.05) is 13.8 Å². The molecular weight excluding hydrogens is 408 g/mol. The first kappa shape index (κ1) is 19.6. The van der Waals surface area contributed by atoms with Gasteiger partial charge in [-0.1, -0.05) is 18.2 Å². The van der Waals surface area contributed by atoms with Crippen molar-refractivity contribution in [1.82, 2.24) is 0 Å². The topological polar surface area (TPSA) is 101 Å². The molecule has 0 saturated heterocycles. The van der Waals surface area contributed by atoms with Crippen LogP contribution >= 0.6 is 0 Å². The van der Waals surface area contributed by atoms with Crippen LogP contribution in [0.5, 0.6) is 11.5 Å². The van der Waals surface area contributed by atoms with E-state index in [4.69, 9.17) is 8.83 Å². The largest absolute Gasteiger partial charge is 0.508 e. The van der Waals surface area contributed by atoms with Crippen LogP contribution in [0.2, 0.25) is 0 Å². The Morgan fingerprint density at radius 1 is 0.625 bits per heavy atom. The SMILES string of the molecule is Cc1c(-c2cccc(-c3c(C)c4ccc(O)cc4oc3=O)c2)c(=O)oc2cc(O)ccc12. The summed E-state index contributed by atoms with van der Waals surface area (Å²) >= 11 is 0. The maximum absolute atomic E-state index is 12.8. The molecule has 0 spiro atoms. The number of aryl methyl sites for hydroxylation is 2. The average Bonchev–Trinajstić information content (AvgIpc) is 2.73. The Kier molecular flexibility index (Phi) is 4.37. The summed E-state index contributed by atoms with van der Waals surface area (Å²) < 4.78 is 10.9. The molecule has 0 atom stereocenters. The second-order valence-corrected chi connectivity index (χ2v) is 7.72. The second-order valence-electron chi connectivity index (χ2n) is 7.72. The Bertz CT molecular complexity index is 1540. The molecule has 2 aromatic heterocycles. The molecule has 5 aromatic rings. The van der Waals surface area contributed by atoms with Gasteiger partial charge in [0.15, 0.2) is 0 Å². The van der Waals surface area contributed by atoms with E-state index in [9.17, 15) is 19.8 Å². The van der Waals surface area contributed by atoms with E-state index in [1.54, 1.807) is 36.4 Å². The Labute approximate surface area is 181 Å². The van der Waals surface area contributed by atoms with E-state index in [0.29, 0.717) is 55.3 Å². The molecule has 0 aliphatic carbocycles. The summed E-state index contributed by atoms with van der Waals surface area (Å²) in [6.07, 6.45) is 0. The summed E-state index contributed by atoms with van der Waals surface area (Å²) in [7, 11) is 0. The summed E-state index contributed by atoms with van der Waals surface area (Å²) in [5, 5.41) is 20.8. The molecule has 158 valence electrons. The van der Waals surface area contributed by atoms with Gasteiger partial charge in [0.05, 0.1) is 11.1 Å². The molecule has 0 bridgehead atoms. The van der Waals surface area contributed by atoms with E-state index in [0.717, 1.165) is 0 Å². The highest BCUT2D eigenvalue weighted by molar-refractivity contribution is 5.90. The first-order chi connectivity index (χ1) is 15.3. The van der Waals surface area contributed by atoms with Crippen molar-refractivity contribution in [1.29, 1.82) is 0 Å². The number of benzene rings is 3. The Morgan fingerprint density at radius 2 is 1.06 bits per heavy atom. The molecule has 3 aromatic carbocycles. The minimum atomic E-state index is -0.532. The Morgan fingerprint density at radius 3 is 1.50 bits per heavy atom. The zero-order valence-corrected chi connectivity index (χ0v) is 17.3. The van der Waals surface area contributed by atoms with E-state index in [-0.39, 0.29) is 11.5 Å². The second kappa shape index (κ2) is 7.13. The zero-order valence-electron chi connectivity index (χ0n) is 17.3. The molecule has 2 N–H and O–H groups in total. The van der Waals surface area contributed by atoms with Gasteiger partial charge in [-0.05, 0) is 66.4 Å². The molecular formula is C26H18O6. The average molecular weight is 426 g/mol. The van der Waals surface area contributed by atoms with Crippen LogP contribution in [0, 0.1) is 13.8 Å². The van der Waals surface area contributed by atoms with Gasteiger partial charge in [-0.15, -0.1) is 0 Å². The van der Waals surface area contributed by atoms with Crippen molar-refractivity contribution >= 4 is 21.9 Å². The Balaban J connectivity index is 1.74. The summed E-state index contributed by atoms with van der Waals surface area (Å²) in [4.78, 5) is 25.6. The van der Waals surface area contributed by atoms with Crippen molar-refractivity contribution in [2.45, 2.75) is 13.8 Å². The van der Waals surface area contributed by atoms with Crippen molar-refractivity contribution in [2.75, 3.05) is 0 Å². The Hall–Kier alpha value is -4.32. The molecule has 0 fully saturated rings. The number of fused-ring (bicyclic) bond motifs is 2. The van der Waals surface area contributed by atoms with E-state index in [1.165, 1.54) is 24.3 Å². The van der Waals surface area contributed by atoms with Crippen molar-refractivity contribution in [3.05, 3.63) is 92.6 Å².